The summed E-state index contributed by atoms with van der Waals surface area (Å²) >= 11 is 6.14. The Morgan fingerprint density at radius 2 is 1.95 bits per heavy atom. The fourth-order valence-electron chi connectivity index (χ4n) is 3.62. The molecule has 1 aromatic rings. The Bertz CT molecular complexity index is 491. The predicted octanol–water partition coefficient (Wildman–Crippen LogP) is 2.73. The molecule has 114 valence electrons. The number of carbonyl (C=O) groups excluding carboxylic acids is 1. The van der Waals surface area contributed by atoms with Gasteiger partial charge in [-0.05, 0) is 55.8 Å². The van der Waals surface area contributed by atoms with Crippen LogP contribution in [-0.4, -0.2) is 37.0 Å². The zero-order chi connectivity index (χ0) is 14.7. The van der Waals surface area contributed by atoms with Gasteiger partial charge in [-0.25, -0.2) is 0 Å². The van der Waals surface area contributed by atoms with Crippen LogP contribution in [0, 0.1) is 11.8 Å². The standard InChI is InChI=1S/C17H23ClN2O/c18-16-4-2-1-3-14(16)11-17(21)20-9-6-13(7-10-20)15-5-8-19-12-15/h1-4,13,15,19H,5-12H2. The third kappa shape index (κ3) is 3.58. The second-order valence-electron chi connectivity index (χ2n) is 6.24. The van der Waals surface area contributed by atoms with Crippen LogP contribution in [0.5, 0.6) is 0 Å². The molecule has 1 N–H and O–H groups in total. The zero-order valence-electron chi connectivity index (χ0n) is 12.4. The Kier molecular flexibility index (Phi) is 4.81. The Morgan fingerprint density at radius 3 is 2.62 bits per heavy atom. The van der Waals surface area contributed by atoms with Crippen LogP contribution in [0.1, 0.15) is 24.8 Å². The van der Waals surface area contributed by atoms with Crippen LogP contribution in [0.15, 0.2) is 24.3 Å². The van der Waals surface area contributed by atoms with E-state index in [0.29, 0.717) is 11.4 Å². The molecule has 21 heavy (non-hydrogen) atoms. The molecule has 2 aliphatic rings. The maximum atomic E-state index is 12.4. The van der Waals surface area contributed by atoms with Crippen molar-refractivity contribution in [2.45, 2.75) is 25.7 Å². The van der Waals surface area contributed by atoms with E-state index in [1.807, 2.05) is 29.2 Å². The first kappa shape index (κ1) is 14.9. The van der Waals surface area contributed by atoms with Crippen molar-refractivity contribution in [2.24, 2.45) is 11.8 Å². The van der Waals surface area contributed by atoms with E-state index in [1.54, 1.807) is 0 Å². The van der Waals surface area contributed by atoms with E-state index < -0.39 is 0 Å². The molecule has 1 atom stereocenters. The number of nitrogens with one attached hydrogen (secondary N) is 1. The molecule has 3 nitrogen and oxygen atoms in total. The molecule has 2 saturated heterocycles. The molecule has 1 aromatic carbocycles. The van der Waals surface area contributed by atoms with E-state index in [9.17, 15) is 4.79 Å². The van der Waals surface area contributed by atoms with Gasteiger partial charge in [-0.3, -0.25) is 4.79 Å². The second-order valence-corrected chi connectivity index (χ2v) is 6.65. The van der Waals surface area contributed by atoms with Crippen LogP contribution in [0.3, 0.4) is 0 Å². The van der Waals surface area contributed by atoms with Crippen molar-refractivity contribution in [2.75, 3.05) is 26.2 Å². The minimum Gasteiger partial charge on any atom is -0.342 e. The summed E-state index contributed by atoms with van der Waals surface area (Å²) in [6.45, 7) is 4.14. The molecule has 1 amide bonds. The van der Waals surface area contributed by atoms with E-state index in [0.717, 1.165) is 56.4 Å². The van der Waals surface area contributed by atoms with Gasteiger partial charge < -0.3 is 10.2 Å². The molecule has 2 fully saturated rings. The Labute approximate surface area is 131 Å². The van der Waals surface area contributed by atoms with Gasteiger partial charge in [-0.2, -0.15) is 0 Å². The summed E-state index contributed by atoms with van der Waals surface area (Å²) in [4.78, 5) is 14.4. The molecule has 0 spiro atoms. The summed E-state index contributed by atoms with van der Waals surface area (Å²) in [6.07, 6.45) is 4.04. The Hall–Kier alpha value is -1.06. The highest BCUT2D eigenvalue weighted by Crippen LogP contribution is 2.29. The van der Waals surface area contributed by atoms with Crippen molar-refractivity contribution < 1.29 is 4.79 Å². The Morgan fingerprint density at radius 1 is 1.19 bits per heavy atom. The van der Waals surface area contributed by atoms with E-state index in [4.69, 9.17) is 11.6 Å². The predicted molar refractivity (Wildman–Crippen MR) is 85.4 cm³/mol. The Balaban J connectivity index is 1.52. The fourth-order valence-corrected chi connectivity index (χ4v) is 3.82. The van der Waals surface area contributed by atoms with Crippen LogP contribution < -0.4 is 5.32 Å². The third-order valence-electron chi connectivity index (χ3n) is 4.96. The van der Waals surface area contributed by atoms with Gasteiger partial charge in [-0.15, -0.1) is 0 Å². The highest BCUT2D eigenvalue weighted by molar-refractivity contribution is 6.31. The van der Waals surface area contributed by atoms with Gasteiger partial charge >= 0.3 is 0 Å². The highest BCUT2D eigenvalue weighted by atomic mass is 35.5. The number of halogens is 1. The average Bonchev–Trinajstić information content (AvgIpc) is 3.04. The minimum atomic E-state index is 0.214. The quantitative estimate of drug-likeness (QED) is 0.931. The smallest absolute Gasteiger partial charge is 0.227 e. The summed E-state index contributed by atoms with van der Waals surface area (Å²) in [5.74, 6) is 1.83. The van der Waals surface area contributed by atoms with Crippen molar-refractivity contribution in [1.82, 2.24) is 10.2 Å². The number of amides is 1. The zero-order valence-corrected chi connectivity index (χ0v) is 13.1. The molecule has 4 heteroatoms. The van der Waals surface area contributed by atoms with Crippen LogP contribution in [-0.2, 0) is 11.2 Å². The lowest BCUT2D eigenvalue weighted by atomic mass is 9.83. The molecule has 2 aliphatic heterocycles. The first-order valence-electron chi connectivity index (χ1n) is 7.96. The molecular weight excluding hydrogens is 284 g/mol. The van der Waals surface area contributed by atoms with Crippen molar-refractivity contribution in [3.63, 3.8) is 0 Å². The minimum absolute atomic E-state index is 0.214. The first-order valence-corrected chi connectivity index (χ1v) is 8.34. The molecule has 0 aliphatic carbocycles. The van der Waals surface area contributed by atoms with Crippen molar-refractivity contribution in [1.29, 1.82) is 0 Å². The fraction of sp³-hybridized carbons (Fsp3) is 0.588. The number of benzene rings is 1. The van der Waals surface area contributed by atoms with Gasteiger partial charge in [0.05, 0.1) is 6.42 Å². The second kappa shape index (κ2) is 6.80. The van der Waals surface area contributed by atoms with Gasteiger partial charge in [0.25, 0.3) is 0 Å². The lowest BCUT2D eigenvalue weighted by Crippen LogP contribution is -2.41. The summed E-state index contributed by atoms with van der Waals surface area (Å²) in [6, 6.07) is 7.63. The molecule has 1 unspecified atom stereocenters. The third-order valence-corrected chi connectivity index (χ3v) is 5.33. The van der Waals surface area contributed by atoms with Gasteiger partial charge in [0.1, 0.15) is 0 Å². The molecular formula is C17H23ClN2O. The van der Waals surface area contributed by atoms with Crippen LogP contribution in [0.25, 0.3) is 0 Å². The average molecular weight is 307 g/mol. The lowest BCUT2D eigenvalue weighted by molar-refractivity contribution is -0.132. The summed E-state index contributed by atoms with van der Waals surface area (Å²) in [5.41, 5.74) is 0.936. The number of likely N-dealkylation sites (tertiary alicyclic amines) is 1. The number of piperidine rings is 1. The molecule has 0 aromatic heterocycles. The van der Waals surface area contributed by atoms with Gasteiger partial charge in [-0.1, -0.05) is 29.8 Å². The molecule has 0 bridgehead atoms. The van der Waals surface area contributed by atoms with Gasteiger partial charge in [0.15, 0.2) is 0 Å². The van der Waals surface area contributed by atoms with Gasteiger partial charge in [0.2, 0.25) is 5.91 Å². The summed E-state index contributed by atoms with van der Waals surface area (Å²) in [5, 5.41) is 4.14. The maximum Gasteiger partial charge on any atom is 0.227 e. The largest absolute Gasteiger partial charge is 0.342 e. The maximum absolute atomic E-state index is 12.4. The molecule has 3 rings (SSSR count). The van der Waals surface area contributed by atoms with Gasteiger partial charge in [0, 0.05) is 18.1 Å². The summed E-state index contributed by atoms with van der Waals surface area (Å²) < 4.78 is 0. The van der Waals surface area contributed by atoms with E-state index in [1.165, 1.54) is 6.42 Å². The van der Waals surface area contributed by atoms with Crippen molar-refractivity contribution >= 4 is 17.5 Å². The number of nitrogens with zero attached hydrogens (tertiary/aromatic N) is 1. The molecule has 0 saturated carbocycles. The van der Waals surface area contributed by atoms with E-state index in [2.05, 4.69) is 5.32 Å². The van der Waals surface area contributed by atoms with Crippen molar-refractivity contribution in [3.8, 4) is 0 Å². The SMILES string of the molecule is O=C(Cc1ccccc1Cl)N1CCC(C2CCNC2)CC1. The number of hydrogen-bond acceptors (Lipinski definition) is 2. The van der Waals surface area contributed by atoms with Crippen molar-refractivity contribution in [3.05, 3.63) is 34.9 Å². The van der Waals surface area contributed by atoms with Crippen LogP contribution >= 0.6 is 11.6 Å². The summed E-state index contributed by atoms with van der Waals surface area (Å²) in [7, 11) is 0. The normalized spacial score (nSPS) is 23.5. The lowest BCUT2D eigenvalue weighted by Gasteiger charge is -2.34. The molecule has 0 radical (unpaired) electrons. The number of hydrogen-bond donors (Lipinski definition) is 1. The van der Waals surface area contributed by atoms with Crippen LogP contribution in [0.4, 0.5) is 0 Å². The van der Waals surface area contributed by atoms with Crippen LogP contribution in [0.2, 0.25) is 5.02 Å². The number of carbonyl (C=O) groups is 1. The highest BCUT2D eigenvalue weighted by Gasteiger charge is 2.29. The number of rotatable bonds is 3. The van der Waals surface area contributed by atoms with E-state index >= 15 is 0 Å². The van der Waals surface area contributed by atoms with E-state index in [-0.39, 0.29) is 5.91 Å². The molecule has 2 heterocycles. The topological polar surface area (TPSA) is 32.3 Å². The first-order chi connectivity index (χ1) is 10.2. The monoisotopic (exact) mass is 306 g/mol.